The average molecular weight is 321 g/mol. The topological polar surface area (TPSA) is 64.6 Å². The average Bonchev–Trinajstić information content (AvgIpc) is 2.53. The fraction of sp³-hybridized carbons (Fsp3) is 0. The molecule has 0 spiro atoms. The standard InChI is InChI=1S/C14H11NO4S2/c16-13(20-18-11-7-3-1-4-8-11)15-14(17)21-19-12-9-5-2-6-10-12/h1-10H,(H,15,16,17). The molecule has 0 unspecified atom stereocenters. The summed E-state index contributed by atoms with van der Waals surface area (Å²) in [7, 11) is 0. The Kier molecular flexibility index (Phi) is 5.99. The smallest absolute Gasteiger partial charge is 0.325 e. The second kappa shape index (κ2) is 8.23. The molecule has 0 radical (unpaired) electrons. The number of carbonyl (C=O) groups excluding carboxylic acids is 2. The summed E-state index contributed by atoms with van der Waals surface area (Å²) in [5.41, 5.74) is 0. The summed E-state index contributed by atoms with van der Waals surface area (Å²) in [6.07, 6.45) is 0. The maximum Gasteiger partial charge on any atom is 0.325 e. The van der Waals surface area contributed by atoms with E-state index >= 15 is 0 Å². The largest absolute Gasteiger partial charge is 0.416 e. The lowest BCUT2D eigenvalue weighted by atomic mass is 10.3. The summed E-state index contributed by atoms with van der Waals surface area (Å²) in [6, 6.07) is 17.6. The molecule has 2 rings (SSSR count). The van der Waals surface area contributed by atoms with Gasteiger partial charge in [0.25, 0.3) is 0 Å². The van der Waals surface area contributed by atoms with Crippen molar-refractivity contribution in [1.29, 1.82) is 0 Å². The molecule has 0 saturated carbocycles. The molecule has 0 aliphatic carbocycles. The van der Waals surface area contributed by atoms with E-state index in [0.717, 1.165) is 0 Å². The number of amides is 2. The highest BCUT2D eigenvalue weighted by Gasteiger charge is 2.12. The first-order valence-electron chi connectivity index (χ1n) is 5.88. The van der Waals surface area contributed by atoms with Crippen molar-refractivity contribution in [2.24, 2.45) is 0 Å². The number of nitrogens with one attached hydrogen (secondary N) is 1. The lowest BCUT2D eigenvalue weighted by Gasteiger charge is -2.04. The first-order valence-corrected chi connectivity index (χ1v) is 7.36. The summed E-state index contributed by atoms with van der Waals surface area (Å²) in [5.74, 6) is 1.05. The van der Waals surface area contributed by atoms with Crippen LogP contribution in [-0.2, 0) is 0 Å². The van der Waals surface area contributed by atoms with Gasteiger partial charge in [-0.3, -0.25) is 14.9 Å². The second-order valence-electron chi connectivity index (χ2n) is 3.66. The third-order valence-corrected chi connectivity index (χ3v) is 3.18. The maximum absolute atomic E-state index is 11.5. The number of hydrogen-bond acceptors (Lipinski definition) is 6. The van der Waals surface area contributed by atoms with Crippen molar-refractivity contribution >= 4 is 34.6 Å². The molecule has 0 bridgehead atoms. The van der Waals surface area contributed by atoms with Crippen molar-refractivity contribution in [3.05, 3.63) is 60.7 Å². The van der Waals surface area contributed by atoms with E-state index in [1.54, 1.807) is 48.5 Å². The zero-order valence-corrected chi connectivity index (χ0v) is 12.4. The number of para-hydroxylation sites is 2. The van der Waals surface area contributed by atoms with E-state index in [0.29, 0.717) is 35.6 Å². The highest BCUT2D eigenvalue weighted by molar-refractivity contribution is 8.11. The first kappa shape index (κ1) is 15.3. The van der Waals surface area contributed by atoms with Crippen LogP contribution in [0.15, 0.2) is 60.7 Å². The number of hydrogen-bond donors (Lipinski definition) is 1. The number of benzene rings is 2. The van der Waals surface area contributed by atoms with Crippen molar-refractivity contribution in [2.45, 2.75) is 0 Å². The van der Waals surface area contributed by atoms with Crippen LogP contribution in [0.5, 0.6) is 11.5 Å². The predicted molar refractivity (Wildman–Crippen MR) is 83.2 cm³/mol. The van der Waals surface area contributed by atoms with Gasteiger partial charge in [-0.05, 0) is 24.3 Å². The van der Waals surface area contributed by atoms with E-state index in [1.165, 1.54) is 0 Å². The fourth-order valence-corrected chi connectivity index (χ4v) is 2.15. The number of imide groups is 1. The molecule has 1 N–H and O–H groups in total. The molecule has 7 heteroatoms. The lowest BCUT2D eigenvalue weighted by molar-refractivity contribution is 0.249. The highest BCUT2D eigenvalue weighted by atomic mass is 32.2. The Morgan fingerprint density at radius 1 is 0.714 bits per heavy atom. The Morgan fingerprint density at radius 3 is 1.48 bits per heavy atom. The summed E-state index contributed by atoms with van der Waals surface area (Å²) < 4.78 is 10.3. The van der Waals surface area contributed by atoms with Gasteiger partial charge in [-0.1, -0.05) is 36.4 Å². The van der Waals surface area contributed by atoms with E-state index in [9.17, 15) is 9.59 Å². The van der Waals surface area contributed by atoms with Gasteiger partial charge in [-0.15, -0.1) is 0 Å². The van der Waals surface area contributed by atoms with Gasteiger partial charge in [0.15, 0.2) is 24.1 Å². The third kappa shape index (κ3) is 5.80. The summed E-state index contributed by atoms with van der Waals surface area (Å²) in [6.45, 7) is 0. The van der Waals surface area contributed by atoms with Crippen LogP contribution in [0.3, 0.4) is 0 Å². The van der Waals surface area contributed by atoms with Crippen LogP contribution in [-0.4, -0.2) is 10.5 Å². The minimum atomic E-state index is -0.618. The van der Waals surface area contributed by atoms with Gasteiger partial charge < -0.3 is 8.37 Å². The van der Waals surface area contributed by atoms with Crippen molar-refractivity contribution in [3.8, 4) is 11.5 Å². The Hall–Kier alpha value is -2.12. The Balaban J connectivity index is 1.69. The number of carbonyl (C=O) groups is 2. The minimum absolute atomic E-state index is 0.526. The fourth-order valence-electron chi connectivity index (χ4n) is 1.25. The summed E-state index contributed by atoms with van der Waals surface area (Å²) in [4.78, 5) is 23.0. The van der Waals surface area contributed by atoms with Gasteiger partial charge in [-0.2, -0.15) is 0 Å². The molecule has 2 aromatic rings. The van der Waals surface area contributed by atoms with Gasteiger partial charge in [0.2, 0.25) is 0 Å². The summed E-state index contributed by atoms with van der Waals surface area (Å²) in [5, 5.41) is 0.883. The quantitative estimate of drug-likeness (QED) is 0.848. The molecule has 0 heterocycles. The van der Waals surface area contributed by atoms with Crippen LogP contribution >= 0.6 is 24.1 Å². The zero-order valence-electron chi connectivity index (χ0n) is 10.7. The van der Waals surface area contributed by atoms with Crippen molar-refractivity contribution in [2.75, 3.05) is 0 Å². The first-order chi connectivity index (χ1) is 10.2. The van der Waals surface area contributed by atoms with Crippen LogP contribution in [0.1, 0.15) is 0 Å². The van der Waals surface area contributed by atoms with E-state index in [1.807, 2.05) is 12.1 Å². The molecule has 0 saturated heterocycles. The van der Waals surface area contributed by atoms with Crippen LogP contribution in [0.2, 0.25) is 0 Å². The molecule has 0 aliphatic heterocycles. The third-order valence-electron chi connectivity index (χ3n) is 2.12. The molecule has 2 aromatic carbocycles. The molecule has 0 atom stereocenters. The van der Waals surface area contributed by atoms with Gasteiger partial charge in [0.1, 0.15) is 11.5 Å². The molecule has 5 nitrogen and oxygen atoms in total. The predicted octanol–water partition coefficient (Wildman–Crippen LogP) is 4.27. The highest BCUT2D eigenvalue weighted by Crippen LogP contribution is 2.18. The molecule has 0 aliphatic rings. The SMILES string of the molecule is O=C(NC(=O)SOc1ccccc1)SOc1ccccc1. The zero-order chi connectivity index (χ0) is 14.9. The normalized spacial score (nSPS) is 9.71. The molecule has 0 aromatic heterocycles. The lowest BCUT2D eigenvalue weighted by Crippen LogP contribution is -2.24. The Labute approximate surface area is 130 Å². The maximum atomic E-state index is 11.5. The van der Waals surface area contributed by atoms with E-state index in [2.05, 4.69) is 5.32 Å². The van der Waals surface area contributed by atoms with Crippen LogP contribution in [0.4, 0.5) is 9.59 Å². The van der Waals surface area contributed by atoms with Crippen LogP contribution < -0.4 is 13.7 Å². The Bertz CT molecular complexity index is 539. The molecule has 0 fully saturated rings. The van der Waals surface area contributed by atoms with Crippen molar-refractivity contribution < 1.29 is 18.0 Å². The molecular weight excluding hydrogens is 310 g/mol. The number of rotatable bonds is 4. The van der Waals surface area contributed by atoms with Gasteiger partial charge in [0.05, 0.1) is 0 Å². The molecule has 21 heavy (non-hydrogen) atoms. The molecule has 108 valence electrons. The van der Waals surface area contributed by atoms with E-state index in [-0.39, 0.29) is 0 Å². The van der Waals surface area contributed by atoms with Crippen molar-refractivity contribution in [1.82, 2.24) is 5.32 Å². The monoisotopic (exact) mass is 321 g/mol. The van der Waals surface area contributed by atoms with E-state index in [4.69, 9.17) is 8.37 Å². The van der Waals surface area contributed by atoms with Crippen LogP contribution in [0, 0.1) is 0 Å². The van der Waals surface area contributed by atoms with E-state index < -0.39 is 10.5 Å². The van der Waals surface area contributed by atoms with Crippen LogP contribution in [0.25, 0.3) is 0 Å². The molecule has 2 amide bonds. The van der Waals surface area contributed by atoms with Crippen molar-refractivity contribution in [3.63, 3.8) is 0 Å². The minimum Gasteiger partial charge on any atom is -0.416 e. The summed E-state index contributed by atoms with van der Waals surface area (Å²) >= 11 is 1.08. The Morgan fingerprint density at radius 2 is 1.10 bits per heavy atom. The molecular formula is C14H11NO4S2. The van der Waals surface area contributed by atoms with Gasteiger partial charge in [-0.25, -0.2) is 0 Å². The van der Waals surface area contributed by atoms with Gasteiger partial charge in [0, 0.05) is 0 Å². The van der Waals surface area contributed by atoms with Gasteiger partial charge >= 0.3 is 10.5 Å². The second-order valence-corrected chi connectivity index (χ2v) is 5.07.